The van der Waals surface area contributed by atoms with Crippen LogP contribution in [0.1, 0.15) is 36.2 Å². The molecule has 1 aliphatic rings. The molecule has 1 saturated carbocycles. The molecule has 1 amide bonds. The highest BCUT2D eigenvalue weighted by Gasteiger charge is 2.25. The van der Waals surface area contributed by atoms with Crippen LogP contribution in [0.15, 0.2) is 22.8 Å². The molecule has 0 aliphatic heterocycles. The number of carbonyl (C=O) groups excluding carboxylic acids is 1. The maximum absolute atomic E-state index is 11.6. The molecule has 1 aromatic heterocycles. The van der Waals surface area contributed by atoms with Gasteiger partial charge in [-0.15, -0.1) is 0 Å². The van der Waals surface area contributed by atoms with E-state index in [-0.39, 0.29) is 11.9 Å². The van der Waals surface area contributed by atoms with Gasteiger partial charge in [-0.1, -0.05) is 12.8 Å². The van der Waals surface area contributed by atoms with Crippen molar-refractivity contribution in [3.63, 3.8) is 0 Å². The summed E-state index contributed by atoms with van der Waals surface area (Å²) < 4.78 is 4.98. The highest BCUT2D eigenvalue weighted by atomic mass is 16.3. The summed E-state index contributed by atoms with van der Waals surface area (Å²) in [4.78, 5) is 11.6. The zero-order valence-electron chi connectivity index (χ0n) is 8.48. The van der Waals surface area contributed by atoms with Crippen LogP contribution in [0, 0.1) is 0 Å². The van der Waals surface area contributed by atoms with Crippen molar-refractivity contribution < 1.29 is 14.3 Å². The second kappa shape index (κ2) is 4.49. The average Bonchev–Trinajstić information content (AvgIpc) is 2.74. The molecule has 0 bridgehead atoms. The Morgan fingerprint density at radius 3 is 2.93 bits per heavy atom. The molecule has 0 aromatic carbocycles. The fraction of sp³-hybridized carbons (Fsp3) is 0.545. The van der Waals surface area contributed by atoms with Crippen LogP contribution in [0.4, 0.5) is 0 Å². The Hall–Kier alpha value is -1.29. The van der Waals surface area contributed by atoms with E-state index < -0.39 is 6.10 Å². The number of aliphatic hydroxyl groups is 1. The van der Waals surface area contributed by atoms with Gasteiger partial charge in [0.2, 0.25) is 0 Å². The van der Waals surface area contributed by atoms with Gasteiger partial charge in [-0.25, -0.2) is 0 Å². The molecule has 2 N–H and O–H groups in total. The third-order valence-corrected chi connectivity index (χ3v) is 2.79. The Bertz CT molecular complexity index is 321. The van der Waals surface area contributed by atoms with E-state index in [0.29, 0.717) is 5.76 Å². The van der Waals surface area contributed by atoms with Crippen LogP contribution in [-0.2, 0) is 0 Å². The van der Waals surface area contributed by atoms with Crippen molar-refractivity contribution >= 4 is 5.91 Å². The number of amides is 1. The molecule has 4 heteroatoms. The Morgan fingerprint density at radius 2 is 2.27 bits per heavy atom. The van der Waals surface area contributed by atoms with Gasteiger partial charge < -0.3 is 14.8 Å². The molecule has 82 valence electrons. The summed E-state index contributed by atoms with van der Waals surface area (Å²) in [6, 6.07) is 3.16. The van der Waals surface area contributed by atoms with Crippen LogP contribution in [0.5, 0.6) is 0 Å². The first-order valence-corrected chi connectivity index (χ1v) is 5.30. The van der Waals surface area contributed by atoms with E-state index in [4.69, 9.17) is 4.42 Å². The number of hydrogen-bond acceptors (Lipinski definition) is 3. The van der Waals surface area contributed by atoms with E-state index in [2.05, 4.69) is 5.32 Å². The van der Waals surface area contributed by atoms with Crippen LogP contribution in [0.2, 0.25) is 0 Å². The summed E-state index contributed by atoms with van der Waals surface area (Å²) in [5.74, 6) is 0.0544. The molecule has 0 spiro atoms. The zero-order chi connectivity index (χ0) is 10.7. The quantitative estimate of drug-likeness (QED) is 0.772. The highest BCUT2D eigenvalue weighted by Crippen LogP contribution is 2.18. The van der Waals surface area contributed by atoms with Crippen molar-refractivity contribution in [2.24, 2.45) is 0 Å². The lowest BCUT2D eigenvalue weighted by Crippen LogP contribution is -2.44. The second-order valence-electron chi connectivity index (χ2n) is 3.91. The normalized spacial score (nSPS) is 26.2. The molecule has 1 aliphatic carbocycles. The Kier molecular flexibility index (Phi) is 3.06. The predicted molar refractivity (Wildman–Crippen MR) is 54.4 cm³/mol. The second-order valence-corrected chi connectivity index (χ2v) is 3.91. The van der Waals surface area contributed by atoms with E-state index in [9.17, 15) is 9.90 Å². The average molecular weight is 209 g/mol. The Morgan fingerprint density at radius 1 is 1.47 bits per heavy atom. The maximum atomic E-state index is 11.6. The highest BCUT2D eigenvalue weighted by molar-refractivity contribution is 5.91. The van der Waals surface area contributed by atoms with Crippen molar-refractivity contribution in [3.8, 4) is 0 Å². The molecule has 1 fully saturated rings. The van der Waals surface area contributed by atoms with Crippen molar-refractivity contribution in [3.05, 3.63) is 24.2 Å². The first-order valence-electron chi connectivity index (χ1n) is 5.30. The topological polar surface area (TPSA) is 62.5 Å². The van der Waals surface area contributed by atoms with Gasteiger partial charge in [-0.05, 0) is 25.0 Å². The fourth-order valence-corrected chi connectivity index (χ4v) is 1.93. The lowest BCUT2D eigenvalue weighted by molar-refractivity contribution is 0.0698. The molecule has 2 rings (SSSR count). The number of nitrogens with one attached hydrogen (secondary N) is 1. The Labute approximate surface area is 88.3 Å². The van der Waals surface area contributed by atoms with E-state index in [1.165, 1.54) is 6.26 Å². The first kappa shape index (κ1) is 10.2. The van der Waals surface area contributed by atoms with E-state index in [1.54, 1.807) is 12.1 Å². The summed E-state index contributed by atoms with van der Waals surface area (Å²) in [5.41, 5.74) is 0. The zero-order valence-corrected chi connectivity index (χ0v) is 8.48. The molecule has 1 aromatic rings. The lowest BCUT2D eigenvalue weighted by Gasteiger charge is -2.27. The van der Waals surface area contributed by atoms with Crippen molar-refractivity contribution in [2.75, 3.05) is 0 Å². The minimum Gasteiger partial charge on any atom is -0.459 e. The third kappa shape index (κ3) is 2.39. The molecular weight excluding hydrogens is 194 g/mol. The number of furan rings is 1. The summed E-state index contributed by atoms with van der Waals surface area (Å²) in [7, 11) is 0. The standard InChI is InChI=1S/C11H15NO3/c13-9-5-2-1-4-8(9)12-11(14)10-6-3-7-15-10/h3,6-9,13H,1-2,4-5H2,(H,12,14)/t8-,9-/m1/s1. The van der Waals surface area contributed by atoms with Gasteiger partial charge in [-0.3, -0.25) is 4.79 Å². The predicted octanol–water partition coefficient (Wildman–Crippen LogP) is 1.31. The van der Waals surface area contributed by atoms with Gasteiger partial charge in [-0.2, -0.15) is 0 Å². The number of aliphatic hydroxyl groups excluding tert-OH is 1. The minimum absolute atomic E-state index is 0.128. The van der Waals surface area contributed by atoms with Crippen LogP contribution >= 0.6 is 0 Å². The smallest absolute Gasteiger partial charge is 0.287 e. The van der Waals surface area contributed by atoms with Gasteiger partial charge in [0.25, 0.3) is 5.91 Å². The number of hydrogen-bond donors (Lipinski definition) is 2. The molecule has 0 unspecified atom stereocenters. The summed E-state index contributed by atoms with van der Waals surface area (Å²) in [5, 5.41) is 12.5. The van der Waals surface area contributed by atoms with E-state index in [1.807, 2.05) is 0 Å². The van der Waals surface area contributed by atoms with Crippen molar-refractivity contribution in [1.29, 1.82) is 0 Å². The fourth-order valence-electron chi connectivity index (χ4n) is 1.93. The van der Waals surface area contributed by atoms with E-state index >= 15 is 0 Å². The van der Waals surface area contributed by atoms with Gasteiger partial charge in [0.15, 0.2) is 5.76 Å². The number of rotatable bonds is 2. The van der Waals surface area contributed by atoms with Crippen LogP contribution in [0.3, 0.4) is 0 Å². The summed E-state index contributed by atoms with van der Waals surface area (Å²) in [6.07, 6.45) is 4.75. The van der Waals surface area contributed by atoms with Crippen LogP contribution in [0.25, 0.3) is 0 Å². The first-order chi connectivity index (χ1) is 7.27. The molecule has 1 heterocycles. The monoisotopic (exact) mass is 209 g/mol. The largest absolute Gasteiger partial charge is 0.459 e. The lowest BCUT2D eigenvalue weighted by atomic mass is 9.92. The molecule has 0 saturated heterocycles. The van der Waals surface area contributed by atoms with Crippen LogP contribution in [-0.4, -0.2) is 23.2 Å². The van der Waals surface area contributed by atoms with Gasteiger partial charge >= 0.3 is 0 Å². The van der Waals surface area contributed by atoms with Crippen LogP contribution < -0.4 is 5.32 Å². The summed E-state index contributed by atoms with van der Waals surface area (Å²) in [6.45, 7) is 0. The Balaban J connectivity index is 1.93. The number of carbonyl (C=O) groups is 1. The summed E-state index contributed by atoms with van der Waals surface area (Å²) >= 11 is 0. The molecule has 4 nitrogen and oxygen atoms in total. The SMILES string of the molecule is O=C(N[C@@H]1CCCC[C@H]1O)c1ccco1. The van der Waals surface area contributed by atoms with E-state index in [0.717, 1.165) is 25.7 Å². The van der Waals surface area contributed by atoms with Gasteiger partial charge in [0.1, 0.15) is 0 Å². The van der Waals surface area contributed by atoms with Gasteiger partial charge in [0.05, 0.1) is 18.4 Å². The van der Waals surface area contributed by atoms with Gasteiger partial charge in [0, 0.05) is 0 Å². The molecular formula is C11H15NO3. The minimum atomic E-state index is -0.419. The molecule has 15 heavy (non-hydrogen) atoms. The molecule has 0 radical (unpaired) electrons. The van der Waals surface area contributed by atoms with Crippen molar-refractivity contribution in [1.82, 2.24) is 5.32 Å². The third-order valence-electron chi connectivity index (χ3n) is 2.79. The molecule has 2 atom stereocenters. The van der Waals surface area contributed by atoms with Crippen molar-refractivity contribution in [2.45, 2.75) is 37.8 Å². The maximum Gasteiger partial charge on any atom is 0.287 e.